The predicted molar refractivity (Wildman–Crippen MR) is 114 cm³/mol. The second-order valence-electron chi connectivity index (χ2n) is 7.28. The third-order valence-electron chi connectivity index (χ3n) is 5.18. The lowest BCUT2D eigenvalue weighted by atomic mass is 9.97. The summed E-state index contributed by atoms with van der Waals surface area (Å²) in [4.78, 5) is 12.2. The van der Waals surface area contributed by atoms with Gasteiger partial charge in [0.15, 0.2) is 0 Å². The van der Waals surface area contributed by atoms with E-state index in [4.69, 9.17) is 9.47 Å². The third-order valence-corrected chi connectivity index (χ3v) is 6.55. The van der Waals surface area contributed by atoms with Crippen LogP contribution >= 0.6 is 0 Å². The van der Waals surface area contributed by atoms with Gasteiger partial charge in [-0.1, -0.05) is 24.3 Å². The summed E-state index contributed by atoms with van der Waals surface area (Å²) in [6.07, 6.45) is 0.280. The molecule has 4 rings (SSSR count). The Morgan fingerprint density at radius 3 is 2.53 bits per heavy atom. The summed E-state index contributed by atoms with van der Waals surface area (Å²) < 4.78 is 68.3. The molecule has 0 aliphatic carbocycles. The van der Waals surface area contributed by atoms with Crippen molar-refractivity contribution in [2.75, 3.05) is 18.4 Å². The van der Waals surface area contributed by atoms with Gasteiger partial charge in [-0.25, -0.2) is 22.0 Å². The first-order valence-corrected chi connectivity index (χ1v) is 11.2. The number of sulfonamides is 1. The number of nitrogens with one attached hydrogen (secondary N) is 1. The molecular weight excluding hydrogens is 440 g/mol. The minimum atomic E-state index is -4.41. The number of esters is 1. The zero-order valence-electron chi connectivity index (χ0n) is 17.2. The summed E-state index contributed by atoms with van der Waals surface area (Å²) in [6, 6.07) is 11.1. The number of ether oxygens (including phenoxy) is 2. The second kappa shape index (κ2) is 8.23. The van der Waals surface area contributed by atoms with Crippen LogP contribution in [-0.2, 0) is 21.2 Å². The zero-order valence-corrected chi connectivity index (χ0v) is 18.1. The molecule has 3 aromatic carbocycles. The summed E-state index contributed by atoms with van der Waals surface area (Å²) in [5, 5.41) is 0. The number of aryl methyl sites for hydroxylation is 1. The molecule has 0 saturated carbocycles. The molecule has 0 saturated heterocycles. The fourth-order valence-corrected chi connectivity index (χ4v) is 5.02. The lowest BCUT2D eigenvalue weighted by Crippen LogP contribution is -2.18. The highest BCUT2D eigenvalue weighted by Gasteiger charge is 2.26. The van der Waals surface area contributed by atoms with Gasteiger partial charge < -0.3 is 9.47 Å². The Morgan fingerprint density at radius 2 is 1.78 bits per heavy atom. The van der Waals surface area contributed by atoms with Crippen molar-refractivity contribution in [3.05, 3.63) is 76.9 Å². The molecule has 1 aliphatic heterocycles. The second-order valence-corrected chi connectivity index (χ2v) is 8.94. The number of fused-ring (bicyclic) bond motifs is 6. The minimum Gasteiger partial charge on any atom is -0.495 e. The molecule has 0 atom stereocenters. The molecule has 1 N–H and O–H groups in total. The van der Waals surface area contributed by atoms with Crippen molar-refractivity contribution >= 4 is 21.7 Å². The Bertz CT molecular complexity index is 1340. The van der Waals surface area contributed by atoms with Crippen LogP contribution in [0.3, 0.4) is 0 Å². The highest BCUT2D eigenvalue weighted by atomic mass is 32.2. The number of hydrogen-bond donors (Lipinski definition) is 1. The molecule has 4 bridgehead atoms. The van der Waals surface area contributed by atoms with Gasteiger partial charge in [0.25, 0.3) is 10.0 Å². The first-order valence-electron chi connectivity index (χ1n) is 9.67. The molecule has 3 aromatic rings. The van der Waals surface area contributed by atoms with Crippen LogP contribution in [-0.4, -0.2) is 28.1 Å². The molecule has 0 amide bonds. The number of methoxy groups -OCH3 is 1. The van der Waals surface area contributed by atoms with Crippen molar-refractivity contribution in [1.29, 1.82) is 0 Å². The van der Waals surface area contributed by atoms with Gasteiger partial charge >= 0.3 is 5.97 Å². The van der Waals surface area contributed by atoms with Crippen LogP contribution in [0, 0.1) is 18.6 Å². The van der Waals surface area contributed by atoms with Crippen LogP contribution in [0.25, 0.3) is 11.1 Å². The van der Waals surface area contributed by atoms with Crippen molar-refractivity contribution in [2.24, 2.45) is 0 Å². The lowest BCUT2D eigenvalue weighted by molar-refractivity contribution is 0.0509. The number of benzene rings is 3. The van der Waals surface area contributed by atoms with Crippen LogP contribution in [0.2, 0.25) is 0 Å². The Labute approximate surface area is 183 Å². The molecule has 166 valence electrons. The molecule has 32 heavy (non-hydrogen) atoms. The van der Waals surface area contributed by atoms with E-state index in [-0.39, 0.29) is 34.8 Å². The quantitative estimate of drug-likeness (QED) is 0.544. The first kappa shape index (κ1) is 21.8. The van der Waals surface area contributed by atoms with Gasteiger partial charge in [-0.15, -0.1) is 0 Å². The van der Waals surface area contributed by atoms with Crippen molar-refractivity contribution in [2.45, 2.75) is 18.2 Å². The lowest BCUT2D eigenvalue weighted by Gasteiger charge is -2.18. The summed E-state index contributed by atoms with van der Waals surface area (Å²) in [7, 11) is -3.13. The first-order chi connectivity index (χ1) is 15.2. The van der Waals surface area contributed by atoms with Gasteiger partial charge in [0.05, 0.1) is 25.0 Å². The van der Waals surface area contributed by atoms with Gasteiger partial charge in [-0.3, -0.25) is 4.72 Å². The van der Waals surface area contributed by atoms with Crippen LogP contribution < -0.4 is 9.46 Å². The van der Waals surface area contributed by atoms with Crippen LogP contribution in [0.1, 0.15) is 21.5 Å². The largest absolute Gasteiger partial charge is 0.495 e. The van der Waals surface area contributed by atoms with Gasteiger partial charge in [0.1, 0.15) is 22.3 Å². The van der Waals surface area contributed by atoms with Crippen molar-refractivity contribution in [3.8, 4) is 16.9 Å². The van der Waals surface area contributed by atoms with Crippen molar-refractivity contribution in [1.82, 2.24) is 0 Å². The van der Waals surface area contributed by atoms with E-state index in [0.29, 0.717) is 22.8 Å². The molecule has 1 heterocycles. The molecule has 1 aliphatic rings. The van der Waals surface area contributed by atoms with Gasteiger partial charge in [0, 0.05) is 18.1 Å². The zero-order chi connectivity index (χ0) is 23.0. The van der Waals surface area contributed by atoms with E-state index in [1.54, 1.807) is 31.2 Å². The average Bonchev–Trinajstić information content (AvgIpc) is 2.75. The fraction of sp³-hybridized carbons (Fsp3) is 0.174. The molecule has 9 heteroatoms. The van der Waals surface area contributed by atoms with Crippen LogP contribution in [0.4, 0.5) is 14.5 Å². The summed E-state index contributed by atoms with van der Waals surface area (Å²) in [6.45, 7) is 1.56. The van der Waals surface area contributed by atoms with Crippen molar-refractivity contribution < 1.29 is 31.5 Å². The Balaban J connectivity index is 1.98. The van der Waals surface area contributed by atoms with Crippen LogP contribution in [0.5, 0.6) is 5.75 Å². The third kappa shape index (κ3) is 3.91. The number of hydrogen-bond acceptors (Lipinski definition) is 5. The van der Waals surface area contributed by atoms with Crippen molar-refractivity contribution in [3.63, 3.8) is 0 Å². The Morgan fingerprint density at radius 1 is 1.03 bits per heavy atom. The number of carbonyl (C=O) groups is 1. The van der Waals surface area contributed by atoms with E-state index in [1.807, 2.05) is 0 Å². The minimum absolute atomic E-state index is 0.00534. The maximum Gasteiger partial charge on any atom is 0.338 e. The maximum atomic E-state index is 14.7. The van der Waals surface area contributed by atoms with E-state index in [2.05, 4.69) is 4.72 Å². The molecule has 0 unspecified atom stereocenters. The summed E-state index contributed by atoms with van der Waals surface area (Å²) in [5.74, 6) is -2.66. The monoisotopic (exact) mass is 459 g/mol. The molecule has 0 fully saturated rings. The standard InChI is InChI=1S/C23H19F2NO5S/c1-13-9-15-10-21(22(13)30-2)32(28,29)26-20-11-17(18(24)12-19(20)25)16-6-4-3-5-14(16)7-8-31-23(15)27/h3-6,9-12,26H,7-8H2,1-2H3. The highest BCUT2D eigenvalue weighted by molar-refractivity contribution is 7.92. The molecular formula is C23H19F2NO5S. The van der Waals surface area contributed by atoms with E-state index in [1.165, 1.54) is 13.2 Å². The number of cyclic esters (lactones) is 1. The normalized spacial score (nSPS) is 15.1. The summed E-state index contributed by atoms with van der Waals surface area (Å²) >= 11 is 0. The van der Waals surface area contributed by atoms with Gasteiger partial charge in [-0.05, 0) is 41.8 Å². The highest BCUT2D eigenvalue weighted by Crippen LogP contribution is 2.35. The predicted octanol–water partition coefficient (Wildman–Crippen LogP) is 4.46. The fourth-order valence-electron chi connectivity index (χ4n) is 3.69. The number of halogens is 2. The topological polar surface area (TPSA) is 81.7 Å². The van der Waals surface area contributed by atoms with E-state index >= 15 is 0 Å². The Hall–Kier alpha value is -3.46. The molecule has 0 radical (unpaired) electrons. The van der Waals surface area contributed by atoms with Gasteiger partial charge in [0.2, 0.25) is 0 Å². The maximum absolute atomic E-state index is 14.7. The van der Waals surface area contributed by atoms with Crippen LogP contribution in [0.15, 0.2) is 53.4 Å². The molecule has 0 spiro atoms. The van der Waals surface area contributed by atoms with E-state index in [9.17, 15) is 22.0 Å². The number of carbonyl (C=O) groups excluding carboxylic acids is 1. The molecule has 0 aromatic heterocycles. The SMILES string of the molecule is COc1c(C)cc2cc1S(=O)(=O)Nc1cc(c(F)cc1F)-c1ccccc1CCOC2=O. The summed E-state index contributed by atoms with van der Waals surface area (Å²) in [5.41, 5.74) is 1.06. The number of anilines is 1. The average molecular weight is 459 g/mol. The van der Waals surface area contributed by atoms with Gasteiger partial charge in [-0.2, -0.15) is 0 Å². The Kier molecular flexibility index (Phi) is 5.60. The number of rotatable bonds is 1. The smallest absolute Gasteiger partial charge is 0.338 e. The van der Waals surface area contributed by atoms with E-state index < -0.39 is 33.3 Å². The van der Waals surface area contributed by atoms with E-state index in [0.717, 1.165) is 12.1 Å². The molecule has 6 nitrogen and oxygen atoms in total.